The molecule has 22 heavy (non-hydrogen) atoms. The molecule has 5 heteroatoms. The number of benzene rings is 1. The molecule has 1 aromatic carbocycles. The zero-order valence-electron chi connectivity index (χ0n) is 13.3. The van der Waals surface area contributed by atoms with Crippen LogP contribution in [0.5, 0.6) is 0 Å². The van der Waals surface area contributed by atoms with Gasteiger partial charge in [0.2, 0.25) is 0 Å². The fourth-order valence-electron chi connectivity index (χ4n) is 1.93. The van der Waals surface area contributed by atoms with E-state index in [1.165, 1.54) is 5.56 Å². The van der Waals surface area contributed by atoms with E-state index in [0.29, 0.717) is 12.1 Å². The molecule has 2 rings (SSSR count). The topological polar surface area (TPSA) is 57.3 Å². The largest absolute Gasteiger partial charge is 0.354 e. The fourth-order valence-corrected chi connectivity index (χ4v) is 1.93. The van der Waals surface area contributed by atoms with E-state index in [0.717, 1.165) is 17.9 Å². The van der Waals surface area contributed by atoms with Crippen molar-refractivity contribution in [2.24, 2.45) is 0 Å². The van der Waals surface area contributed by atoms with Crippen LogP contribution in [-0.4, -0.2) is 43.0 Å². The first-order valence-corrected chi connectivity index (χ1v) is 7.26. The highest BCUT2D eigenvalue weighted by molar-refractivity contribution is 5.94. The lowest BCUT2D eigenvalue weighted by Gasteiger charge is -2.11. The average Bonchev–Trinajstić information content (AvgIpc) is 2.49. The minimum atomic E-state index is -0.109. The fraction of sp³-hybridized carbons (Fsp3) is 0.294. The predicted octanol–water partition coefficient (Wildman–Crippen LogP) is 2.43. The number of nitrogens with one attached hydrogen (secondary N) is 2. The van der Waals surface area contributed by atoms with E-state index in [4.69, 9.17) is 0 Å². The summed E-state index contributed by atoms with van der Waals surface area (Å²) in [5.74, 6) is -0.109. The second-order valence-corrected chi connectivity index (χ2v) is 5.51. The third-order valence-electron chi connectivity index (χ3n) is 3.19. The third-order valence-corrected chi connectivity index (χ3v) is 3.19. The van der Waals surface area contributed by atoms with E-state index in [1.807, 2.05) is 50.2 Å². The molecule has 0 bridgehead atoms. The van der Waals surface area contributed by atoms with E-state index >= 15 is 0 Å². The summed E-state index contributed by atoms with van der Waals surface area (Å²) in [5, 5.41) is 6.13. The third kappa shape index (κ3) is 4.86. The molecule has 0 aliphatic rings. The predicted molar refractivity (Wildman–Crippen MR) is 89.6 cm³/mol. The van der Waals surface area contributed by atoms with Crippen molar-refractivity contribution >= 4 is 17.3 Å². The molecule has 116 valence electrons. The van der Waals surface area contributed by atoms with Crippen LogP contribution in [-0.2, 0) is 0 Å². The van der Waals surface area contributed by atoms with Crippen LogP contribution in [0.15, 0.2) is 42.7 Å². The van der Waals surface area contributed by atoms with Gasteiger partial charge in [-0.3, -0.25) is 9.78 Å². The maximum absolute atomic E-state index is 12.1. The molecule has 0 saturated carbocycles. The number of hydrogen-bond donors (Lipinski definition) is 2. The number of aromatic nitrogens is 1. The zero-order valence-corrected chi connectivity index (χ0v) is 13.3. The average molecular weight is 298 g/mol. The second-order valence-electron chi connectivity index (χ2n) is 5.51. The quantitative estimate of drug-likeness (QED) is 0.860. The van der Waals surface area contributed by atoms with Crippen molar-refractivity contribution in [3.05, 3.63) is 53.9 Å². The van der Waals surface area contributed by atoms with E-state index in [-0.39, 0.29) is 5.91 Å². The number of hydrogen-bond acceptors (Lipinski definition) is 4. The van der Waals surface area contributed by atoms with Crippen LogP contribution in [0, 0.1) is 6.92 Å². The Morgan fingerprint density at radius 2 is 1.86 bits per heavy atom. The standard InChI is InChI=1S/C17H22N4O/c1-13-4-6-15(7-5-13)20-16-10-14(11-18-12-16)17(22)19-8-9-21(2)3/h4-7,10-12,20H,8-9H2,1-3H3,(H,19,22). The van der Waals surface area contributed by atoms with Crippen LogP contribution >= 0.6 is 0 Å². The molecule has 0 atom stereocenters. The van der Waals surface area contributed by atoms with Gasteiger partial charge >= 0.3 is 0 Å². The van der Waals surface area contributed by atoms with E-state index in [1.54, 1.807) is 18.5 Å². The van der Waals surface area contributed by atoms with E-state index in [9.17, 15) is 4.79 Å². The molecule has 2 aromatic rings. The van der Waals surface area contributed by atoms with E-state index < -0.39 is 0 Å². The van der Waals surface area contributed by atoms with Crippen molar-refractivity contribution in [2.75, 3.05) is 32.5 Å². The van der Waals surface area contributed by atoms with Gasteiger partial charge in [-0.15, -0.1) is 0 Å². The van der Waals surface area contributed by atoms with Gasteiger partial charge in [0.1, 0.15) is 0 Å². The summed E-state index contributed by atoms with van der Waals surface area (Å²) in [7, 11) is 3.94. The minimum Gasteiger partial charge on any atom is -0.354 e. The molecule has 0 aliphatic carbocycles. The van der Waals surface area contributed by atoms with Gasteiger partial charge in [-0.25, -0.2) is 0 Å². The summed E-state index contributed by atoms with van der Waals surface area (Å²) in [6.07, 6.45) is 3.28. The summed E-state index contributed by atoms with van der Waals surface area (Å²) >= 11 is 0. The van der Waals surface area contributed by atoms with Crippen LogP contribution in [0.25, 0.3) is 0 Å². The van der Waals surface area contributed by atoms with Gasteiger partial charge in [0, 0.05) is 25.0 Å². The van der Waals surface area contributed by atoms with Crippen LogP contribution in [0.2, 0.25) is 0 Å². The molecular weight excluding hydrogens is 276 g/mol. The lowest BCUT2D eigenvalue weighted by Crippen LogP contribution is -2.31. The number of nitrogens with zero attached hydrogens (tertiary/aromatic N) is 2. The molecule has 1 amide bonds. The monoisotopic (exact) mass is 298 g/mol. The van der Waals surface area contributed by atoms with Crippen molar-refractivity contribution in [2.45, 2.75) is 6.92 Å². The van der Waals surface area contributed by atoms with Gasteiger partial charge in [-0.1, -0.05) is 17.7 Å². The van der Waals surface area contributed by atoms with Gasteiger partial charge in [0.25, 0.3) is 5.91 Å². The molecule has 0 saturated heterocycles. The lowest BCUT2D eigenvalue weighted by molar-refractivity contribution is 0.0950. The summed E-state index contributed by atoms with van der Waals surface area (Å²) in [4.78, 5) is 18.2. The molecule has 0 unspecified atom stereocenters. The van der Waals surface area contributed by atoms with E-state index in [2.05, 4.69) is 15.6 Å². The number of likely N-dealkylation sites (N-methyl/N-ethyl adjacent to an activating group) is 1. The van der Waals surface area contributed by atoms with Crippen molar-refractivity contribution < 1.29 is 4.79 Å². The highest BCUT2D eigenvalue weighted by Gasteiger charge is 2.06. The van der Waals surface area contributed by atoms with Crippen LogP contribution in [0.1, 0.15) is 15.9 Å². The number of amides is 1. The van der Waals surface area contributed by atoms with Crippen LogP contribution < -0.4 is 10.6 Å². The van der Waals surface area contributed by atoms with Gasteiger partial charge in [-0.2, -0.15) is 0 Å². The maximum Gasteiger partial charge on any atom is 0.252 e. The zero-order chi connectivity index (χ0) is 15.9. The normalized spacial score (nSPS) is 10.5. The SMILES string of the molecule is Cc1ccc(Nc2cncc(C(=O)NCCN(C)C)c2)cc1. The molecule has 0 fully saturated rings. The Bertz CT molecular complexity index is 623. The number of anilines is 2. The highest BCUT2D eigenvalue weighted by atomic mass is 16.1. The van der Waals surface area contributed by atoms with Crippen molar-refractivity contribution in [1.29, 1.82) is 0 Å². The summed E-state index contributed by atoms with van der Waals surface area (Å²) in [6, 6.07) is 9.87. The molecule has 1 heterocycles. The van der Waals surface area contributed by atoms with Gasteiger partial charge in [0.15, 0.2) is 0 Å². The number of carbonyl (C=O) groups excluding carboxylic acids is 1. The molecule has 5 nitrogen and oxygen atoms in total. The van der Waals surface area contributed by atoms with Crippen molar-refractivity contribution in [3.8, 4) is 0 Å². The first kappa shape index (κ1) is 16.0. The molecule has 0 spiro atoms. The number of pyridine rings is 1. The molecular formula is C17H22N4O. The Morgan fingerprint density at radius 3 is 2.55 bits per heavy atom. The minimum absolute atomic E-state index is 0.109. The van der Waals surface area contributed by atoms with Gasteiger partial charge < -0.3 is 15.5 Å². The second kappa shape index (κ2) is 7.56. The molecule has 1 aromatic heterocycles. The Balaban J connectivity index is 2.00. The van der Waals surface area contributed by atoms with Gasteiger partial charge in [-0.05, 0) is 39.2 Å². The lowest BCUT2D eigenvalue weighted by atomic mass is 10.2. The summed E-state index contributed by atoms with van der Waals surface area (Å²) < 4.78 is 0. The highest BCUT2D eigenvalue weighted by Crippen LogP contribution is 2.17. The summed E-state index contributed by atoms with van der Waals surface area (Å²) in [5.41, 5.74) is 3.52. The van der Waals surface area contributed by atoms with Crippen LogP contribution in [0.3, 0.4) is 0 Å². The van der Waals surface area contributed by atoms with Crippen LogP contribution in [0.4, 0.5) is 11.4 Å². The first-order chi connectivity index (χ1) is 10.5. The smallest absolute Gasteiger partial charge is 0.252 e. The van der Waals surface area contributed by atoms with Crippen molar-refractivity contribution in [1.82, 2.24) is 15.2 Å². The number of aryl methyl sites for hydroxylation is 1. The Kier molecular flexibility index (Phi) is 5.49. The molecule has 0 aliphatic heterocycles. The van der Waals surface area contributed by atoms with Crippen molar-refractivity contribution in [3.63, 3.8) is 0 Å². The van der Waals surface area contributed by atoms with Gasteiger partial charge in [0.05, 0.1) is 17.4 Å². The maximum atomic E-state index is 12.1. The Hall–Kier alpha value is -2.40. The molecule has 0 radical (unpaired) electrons. The number of carbonyl (C=O) groups is 1. The first-order valence-electron chi connectivity index (χ1n) is 7.26. The number of rotatable bonds is 6. The Labute approximate surface area is 131 Å². The molecule has 2 N–H and O–H groups in total. The summed E-state index contributed by atoms with van der Waals surface area (Å²) in [6.45, 7) is 3.46. The Morgan fingerprint density at radius 1 is 1.14 bits per heavy atom.